The lowest BCUT2D eigenvalue weighted by Gasteiger charge is -2.32. The third kappa shape index (κ3) is 2.68. The number of pyridine rings is 1. The second-order valence-electron chi connectivity index (χ2n) is 8.29. The Bertz CT molecular complexity index is 813. The molecule has 5 nitrogen and oxygen atoms in total. The molecule has 2 fully saturated rings. The zero-order valence-corrected chi connectivity index (χ0v) is 16.0. The molecule has 1 aromatic heterocycles. The zero-order chi connectivity index (χ0) is 18.0. The molecule has 3 aliphatic rings. The molecule has 0 radical (unpaired) electrons. The molecule has 2 unspecified atom stereocenters. The van der Waals surface area contributed by atoms with E-state index in [1.807, 2.05) is 45.9 Å². The highest BCUT2D eigenvalue weighted by molar-refractivity contribution is 7.93. The van der Waals surface area contributed by atoms with E-state index in [4.69, 9.17) is 9.31 Å². The summed E-state index contributed by atoms with van der Waals surface area (Å²) < 4.78 is 36.5. The van der Waals surface area contributed by atoms with Gasteiger partial charge in [0, 0.05) is 11.7 Å². The number of hydrogen-bond acceptors (Lipinski definition) is 5. The number of allylic oxidation sites excluding steroid dienone is 1. The second kappa shape index (κ2) is 5.41. The van der Waals surface area contributed by atoms with Gasteiger partial charge >= 0.3 is 7.12 Å². The molecule has 0 N–H and O–H groups in total. The van der Waals surface area contributed by atoms with Gasteiger partial charge in [-0.1, -0.05) is 12.1 Å². The maximum Gasteiger partial charge on any atom is 0.496 e. The average Bonchev–Trinajstić information content (AvgIpc) is 2.81. The smallest absolute Gasteiger partial charge is 0.399 e. The van der Waals surface area contributed by atoms with Crippen molar-refractivity contribution in [2.45, 2.75) is 68.7 Å². The van der Waals surface area contributed by atoms with Crippen LogP contribution in [0.15, 0.2) is 24.4 Å². The molecule has 2 bridgehead atoms. The molecule has 25 heavy (non-hydrogen) atoms. The average molecular weight is 361 g/mol. The molecule has 4 rings (SSSR count). The summed E-state index contributed by atoms with van der Waals surface area (Å²) in [6.45, 7) is 8.10. The van der Waals surface area contributed by atoms with Gasteiger partial charge in [-0.15, -0.1) is 0 Å². The Balaban J connectivity index is 1.56. The highest BCUT2D eigenvalue weighted by atomic mass is 32.2. The topological polar surface area (TPSA) is 65.5 Å². The summed E-state index contributed by atoms with van der Waals surface area (Å²) in [5.41, 5.74) is 2.02. The molecule has 4 heterocycles. The van der Waals surface area contributed by atoms with Crippen LogP contribution in [0.5, 0.6) is 0 Å². The van der Waals surface area contributed by atoms with Gasteiger partial charge in [0.15, 0.2) is 9.84 Å². The molecule has 0 spiro atoms. The molecule has 3 aliphatic heterocycles. The van der Waals surface area contributed by atoms with E-state index in [-0.39, 0.29) is 21.7 Å². The lowest BCUT2D eigenvalue weighted by atomic mass is 9.80. The van der Waals surface area contributed by atoms with Crippen molar-refractivity contribution in [3.63, 3.8) is 0 Å². The molecular weight excluding hydrogens is 337 g/mol. The number of aromatic nitrogens is 1. The molecular formula is C18H24BNO4S. The predicted octanol–water partition coefficient (Wildman–Crippen LogP) is 2.11. The van der Waals surface area contributed by atoms with E-state index in [9.17, 15) is 8.42 Å². The monoisotopic (exact) mass is 361 g/mol. The predicted molar refractivity (Wildman–Crippen MR) is 98.3 cm³/mol. The van der Waals surface area contributed by atoms with E-state index < -0.39 is 17.0 Å². The SMILES string of the molecule is CC1(C)OB(c2ccc(C3=CC4CCC(C3)S4(=O)=O)nc2)OC1(C)C. The summed E-state index contributed by atoms with van der Waals surface area (Å²) in [6, 6.07) is 3.92. The van der Waals surface area contributed by atoms with Gasteiger partial charge in [-0.25, -0.2) is 8.42 Å². The standard InChI is InChI=1S/C18H24BNO4S/c1-17(2)18(3,4)24-19(23-17)13-5-8-16(20-11-13)12-9-14-6-7-15(10-12)25(14,21)22/h5,8-9,11,14-15H,6-7,10H2,1-4H3. The second-order valence-corrected chi connectivity index (χ2v) is 10.7. The van der Waals surface area contributed by atoms with Crippen molar-refractivity contribution >= 4 is 28.0 Å². The fourth-order valence-corrected chi connectivity index (χ4v) is 5.95. The first-order valence-corrected chi connectivity index (χ1v) is 10.5. The van der Waals surface area contributed by atoms with Crippen molar-refractivity contribution < 1.29 is 17.7 Å². The highest BCUT2D eigenvalue weighted by Crippen LogP contribution is 2.40. The van der Waals surface area contributed by atoms with Crippen LogP contribution in [0.2, 0.25) is 0 Å². The molecule has 1 aromatic rings. The number of nitrogens with zero attached hydrogens (tertiary/aromatic N) is 1. The number of sulfone groups is 1. The molecule has 2 atom stereocenters. The maximum atomic E-state index is 12.2. The van der Waals surface area contributed by atoms with Crippen LogP contribution >= 0.6 is 0 Å². The van der Waals surface area contributed by atoms with Crippen LogP contribution in [0.3, 0.4) is 0 Å². The van der Waals surface area contributed by atoms with Crippen molar-refractivity contribution in [1.82, 2.24) is 4.98 Å². The first kappa shape index (κ1) is 17.2. The van der Waals surface area contributed by atoms with Gasteiger partial charge < -0.3 is 9.31 Å². The van der Waals surface area contributed by atoms with E-state index in [2.05, 4.69) is 4.98 Å². The Labute approximate surface area is 149 Å². The fourth-order valence-electron chi connectivity index (χ4n) is 3.76. The fraction of sp³-hybridized carbons (Fsp3) is 0.611. The van der Waals surface area contributed by atoms with E-state index in [1.54, 1.807) is 6.20 Å². The van der Waals surface area contributed by atoms with Crippen molar-refractivity contribution in [3.05, 3.63) is 30.1 Å². The van der Waals surface area contributed by atoms with Crippen LogP contribution in [0.1, 0.15) is 52.7 Å². The minimum Gasteiger partial charge on any atom is -0.399 e. The molecule has 0 amide bonds. The number of rotatable bonds is 2. The normalized spacial score (nSPS) is 31.8. The van der Waals surface area contributed by atoms with E-state index in [0.717, 1.165) is 29.6 Å². The molecule has 0 aliphatic carbocycles. The van der Waals surface area contributed by atoms with Crippen molar-refractivity contribution in [2.24, 2.45) is 0 Å². The minimum absolute atomic E-state index is 0.234. The van der Waals surface area contributed by atoms with Crippen LogP contribution in [0.25, 0.3) is 5.57 Å². The first-order chi connectivity index (χ1) is 11.6. The Morgan fingerprint density at radius 3 is 2.36 bits per heavy atom. The van der Waals surface area contributed by atoms with Gasteiger partial charge in [0.05, 0.1) is 27.4 Å². The summed E-state index contributed by atoms with van der Waals surface area (Å²) in [6.07, 6.45) is 5.75. The summed E-state index contributed by atoms with van der Waals surface area (Å²) in [7, 11) is -3.39. The third-order valence-corrected chi connectivity index (χ3v) is 8.68. The summed E-state index contributed by atoms with van der Waals surface area (Å²) >= 11 is 0. The largest absolute Gasteiger partial charge is 0.496 e. The maximum absolute atomic E-state index is 12.2. The summed E-state index contributed by atoms with van der Waals surface area (Å²) in [4.78, 5) is 4.56. The van der Waals surface area contributed by atoms with Gasteiger partial charge in [0.2, 0.25) is 0 Å². The van der Waals surface area contributed by atoms with E-state index in [1.165, 1.54) is 0 Å². The van der Waals surface area contributed by atoms with Crippen molar-refractivity contribution in [2.75, 3.05) is 0 Å². The van der Waals surface area contributed by atoms with Gasteiger partial charge in [-0.3, -0.25) is 4.98 Å². The van der Waals surface area contributed by atoms with Crippen LogP contribution in [-0.2, 0) is 19.1 Å². The van der Waals surface area contributed by atoms with Crippen molar-refractivity contribution in [3.8, 4) is 0 Å². The van der Waals surface area contributed by atoms with Crippen LogP contribution in [0.4, 0.5) is 0 Å². The first-order valence-electron chi connectivity index (χ1n) is 8.85. The molecule has 0 saturated carbocycles. The van der Waals surface area contributed by atoms with Crippen molar-refractivity contribution in [1.29, 1.82) is 0 Å². The Kier molecular flexibility index (Phi) is 3.73. The van der Waals surface area contributed by atoms with Gasteiger partial charge in [0.25, 0.3) is 0 Å². The lowest BCUT2D eigenvalue weighted by molar-refractivity contribution is 0.00578. The highest BCUT2D eigenvalue weighted by Gasteiger charge is 2.51. The molecule has 0 aromatic carbocycles. The molecule has 134 valence electrons. The summed E-state index contributed by atoms with van der Waals surface area (Å²) in [5.74, 6) is 0. The van der Waals surface area contributed by atoms with Crippen LogP contribution in [0, 0.1) is 0 Å². The van der Waals surface area contributed by atoms with Gasteiger partial charge in [-0.2, -0.15) is 0 Å². The quantitative estimate of drug-likeness (QED) is 0.755. The minimum atomic E-state index is -2.96. The molecule has 7 heteroatoms. The number of hydrogen-bond donors (Lipinski definition) is 0. The third-order valence-electron chi connectivity index (χ3n) is 6.14. The molecule has 2 saturated heterocycles. The number of fused-ring (bicyclic) bond motifs is 2. The lowest BCUT2D eigenvalue weighted by Crippen LogP contribution is -2.41. The van der Waals surface area contributed by atoms with Gasteiger partial charge in [0.1, 0.15) is 0 Å². The van der Waals surface area contributed by atoms with Crippen LogP contribution < -0.4 is 5.46 Å². The zero-order valence-electron chi connectivity index (χ0n) is 15.2. The summed E-state index contributed by atoms with van der Waals surface area (Å²) in [5, 5.41) is -0.562. The Morgan fingerprint density at radius 2 is 1.80 bits per heavy atom. The Morgan fingerprint density at radius 1 is 1.12 bits per heavy atom. The van der Waals surface area contributed by atoms with E-state index >= 15 is 0 Å². The van der Waals surface area contributed by atoms with Crippen LogP contribution in [-0.4, -0.2) is 42.2 Å². The van der Waals surface area contributed by atoms with Gasteiger partial charge in [-0.05, 0) is 58.6 Å². The van der Waals surface area contributed by atoms with E-state index in [0.29, 0.717) is 6.42 Å². The Hall–Kier alpha value is -1.18.